The van der Waals surface area contributed by atoms with Crippen LogP contribution in [0.3, 0.4) is 0 Å². The number of ether oxygens (including phenoxy) is 3. The fourth-order valence-corrected chi connectivity index (χ4v) is 3.82. The highest BCUT2D eigenvalue weighted by atomic mass is 35.5. The SMILES string of the molecule is CCCc1c(OCCCCCCc2ccc(OC)c(OC)c2Cl)ccc(C(=O)O)c1O. The number of phenols is 1. The molecular weight excluding hydrogens is 420 g/mol. The van der Waals surface area contributed by atoms with Crippen LogP contribution in [0, 0.1) is 0 Å². The van der Waals surface area contributed by atoms with Gasteiger partial charge in [0.25, 0.3) is 0 Å². The lowest BCUT2D eigenvalue weighted by Crippen LogP contribution is -2.04. The van der Waals surface area contributed by atoms with Crippen LogP contribution < -0.4 is 14.2 Å². The zero-order valence-electron chi connectivity index (χ0n) is 18.4. The molecule has 0 unspecified atom stereocenters. The molecule has 170 valence electrons. The van der Waals surface area contributed by atoms with Crippen molar-refractivity contribution in [2.75, 3.05) is 20.8 Å². The molecule has 0 aliphatic heterocycles. The van der Waals surface area contributed by atoms with Crippen molar-refractivity contribution in [1.82, 2.24) is 0 Å². The van der Waals surface area contributed by atoms with Gasteiger partial charge in [-0.3, -0.25) is 0 Å². The summed E-state index contributed by atoms with van der Waals surface area (Å²) in [4.78, 5) is 11.2. The van der Waals surface area contributed by atoms with Gasteiger partial charge in [-0.1, -0.05) is 43.9 Å². The van der Waals surface area contributed by atoms with Gasteiger partial charge in [-0.05, 0) is 49.4 Å². The van der Waals surface area contributed by atoms with E-state index in [1.807, 2.05) is 19.1 Å². The molecule has 2 aromatic carbocycles. The second-order valence-electron chi connectivity index (χ2n) is 7.28. The van der Waals surface area contributed by atoms with Gasteiger partial charge in [-0.25, -0.2) is 4.79 Å². The number of carboxylic acid groups (broad SMARTS) is 1. The summed E-state index contributed by atoms with van der Waals surface area (Å²) in [7, 11) is 3.16. The fourth-order valence-electron chi connectivity index (χ4n) is 3.49. The first-order valence-corrected chi connectivity index (χ1v) is 10.9. The average molecular weight is 451 g/mol. The Morgan fingerprint density at radius 1 is 0.968 bits per heavy atom. The van der Waals surface area contributed by atoms with Crippen molar-refractivity contribution in [3.8, 4) is 23.0 Å². The molecule has 2 rings (SSSR count). The van der Waals surface area contributed by atoms with Crippen LogP contribution in [0.5, 0.6) is 23.0 Å². The fraction of sp³-hybridized carbons (Fsp3) is 0.458. The monoisotopic (exact) mass is 450 g/mol. The number of aromatic hydroxyl groups is 1. The molecule has 0 fully saturated rings. The Balaban J connectivity index is 1.81. The predicted octanol–water partition coefficient (Wildman–Crippen LogP) is 5.90. The van der Waals surface area contributed by atoms with Crippen molar-refractivity contribution in [3.63, 3.8) is 0 Å². The largest absolute Gasteiger partial charge is 0.507 e. The second kappa shape index (κ2) is 12.3. The lowest BCUT2D eigenvalue weighted by molar-refractivity contribution is 0.0693. The Morgan fingerprint density at radius 2 is 1.68 bits per heavy atom. The van der Waals surface area contributed by atoms with E-state index in [1.165, 1.54) is 6.07 Å². The third kappa shape index (κ3) is 6.44. The number of unbranched alkanes of at least 4 members (excludes halogenated alkanes) is 3. The molecule has 0 spiro atoms. The lowest BCUT2D eigenvalue weighted by Gasteiger charge is -2.14. The number of benzene rings is 2. The maximum absolute atomic E-state index is 11.2. The molecule has 0 saturated heterocycles. The van der Waals surface area contributed by atoms with Gasteiger partial charge in [-0.15, -0.1) is 0 Å². The van der Waals surface area contributed by atoms with E-state index in [0.717, 1.165) is 44.1 Å². The van der Waals surface area contributed by atoms with E-state index in [0.29, 0.717) is 40.9 Å². The molecule has 31 heavy (non-hydrogen) atoms. The maximum Gasteiger partial charge on any atom is 0.339 e. The average Bonchev–Trinajstić information content (AvgIpc) is 2.75. The highest BCUT2D eigenvalue weighted by Crippen LogP contribution is 2.38. The number of carboxylic acids is 1. The molecule has 0 aromatic heterocycles. The molecule has 0 aliphatic rings. The van der Waals surface area contributed by atoms with Gasteiger partial charge in [0.05, 0.1) is 25.8 Å². The van der Waals surface area contributed by atoms with Gasteiger partial charge < -0.3 is 24.4 Å². The minimum Gasteiger partial charge on any atom is -0.507 e. The van der Waals surface area contributed by atoms with Crippen LogP contribution in [0.1, 0.15) is 60.5 Å². The zero-order chi connectivity index (χ0) is 22.8. The lowest BCUT2D eigenvalue weighted by atomic mass is 10.0. The van der Waals surface area contributed by atoms with Crippen molar-refractivity contribution >= 4 is 17.6 Å². The van der Waals surface area contributed by atoms with Crippen molar-refractivity contribution in [2.45, 2.75) is 51.9 Å². The Kier molecular flexibility index (Phi) is 9.79. The van der Waals surface area contributed by atoms with Gasteiger partial charge in [0.15, 0.2) is 11.5 Å². The van der Waals surface area contributed by atoms with Gasteiger partial charge >= 0.3 is 5.97 Å². The van der Waals surface area contributed by atoms with E-state index in [9.17, 15) is 15.0 Å². The molecule has 6 nitrogen and oxygen atoms in total. The number of methoxy groups -OCH3 is 2. The topological polar surface area (TPSA) is 85.2 Å². The van der Waals surface area contributed by atoms with E-state index in [-0.39, 0.29) is 11.3 Å². The molecule has 0 saturated carbocycles. The molecule has 2 aromatic rings. The first-order chi connectivity index (χ1) is 14.9. The highest BCUT2D eigenvalue weighted by molar-refractivity contribution is 6.33. The molecule has 2 N–H and O–H groups in total. The van der Waals surface area contributed by atoms with E-state index in [1.54, 1.807) is 20.3 Å². The third-order valence-corrected chi connectivity index (χ3v) is 5.55. The number of halogens is 1. The molecule has 7 heteroatoms. The van der Waals surface area contributed by atoms with Crippen LogP contribution in [0.2, 0.25) is 5.02 Å². The standard InChI is InChI=1S/C24H31ClO6/c1-4-9-17-19(14-12-18(22(17)26)24(27)28)31-15-8-6-5-7-10-16-11-13-20(29-2)23(30-3)21(16)25/h11-14,26H,4-10,15H2,1-3H3,(H,27,28). The molecule has 0 amide bonds. The molecular formula is C24H31ClO6. The van der Waals surface area contributed by atoms with Gasteiger partial charge in [0.2, 0.25) is 0 Å². The normalized spacial score (nSPS) is 10.7. The molecule has 0 atom stereocenters. The quantitative estimate of drug-likeness (QED) is 0.370. The minimum atomic E-state index is -1.14. The summed E-state index contributed by atoms with van der Waals surface area (Å²) in [5, 5.41) is 20.0. The Hall–Kier alpha value is -2.60. The summed E-state index contributed by atoms with van der Waals surface area (Å²) >= 11 is 6.42. The number of aromatic carboxylic acids is 1. The minimum absolute atomic E-state index is 0.0929. The van der Waals surface area contributed by atoms with Crippen LogP contribution >= 0.6 is 11.6 Å². The number of carbonyl (C=O) groups is 1. The van der Waals surface area contributed by atoms with Crippen molar-refractivity contribution in [2.24, 2.45) is 0 Å². The summed E-state index contributed by atoms with van der Waals surface area (Å²) in [6.07, 6.45) is 6.08. The van der Waals surface area contributed by atoms with Crippen LogP contribution in [-0.2, 0) is 12.8 Å². The smallest absolute Gasteiger partial charge is 0.339 e. The summed E-state index contributed by atoms with van der Waals surface area (Å²) < 4.78 is 16.4. The van der Waals surface area contributed by atoms with Crippen LogP contribution in [0.4, 0.5) is 0 Å². The third-order valence-electron chi connectivity index (χ3n) is 5.13. The van der Waals surface area contributed by atoms with Crippen LogP contribution in [0.25, 0.3) is 0 Å². The molecule has 0 radical (unpaired) electrons. The van der Waals surface area contributed by atoms with Crippen LogP contribution in [-0.4, -0.2) is 37.0 Å². The predicted molar refractivity (Wildman–Crippen MR) is 121 cm³/mol. The van der Waals surface area contributed by atoms with Gasteiger partial charge in [0, 0.05) is 5.56 Å². The summed E-state index contributed by atoms with van der Waals surface area (Å²) in [6, 6.07) is 6.86. The van der Waals surface area contributed by atoms with E-state index in [4.69, 9.17) is 25.8 Å². The molecule has 0 aliphatic carbocycles. The van der Waals surface area contributed by atoms with E-state index < -0.39 is 5.97 Å². The summed E-state index contributed by atoms with van der Waals surface area (Å²) in [5.41, 5.74) is 1.50. The van der Waals surface area contributed by atoms with E-state index in [2.05, 4.69) is 0 Å². The summed E-state index contributed by atoms with van der Waals surface area (Å²) in [6.45, 7) is 2.49. The number of hydrogen-bond acceptors (Lipinski definition) is 5. The second-order valence-corrected chi connectivity index (χ2v) is 7.66. The maximum atomic E-state index is 11.2. The van der Waals surface area contributed by atoms with Crippen molar-refractivity contribution in [3.05, 3.63) is 46.0 Å². The molecule has 0 bridgehead atoms. The van der Waals surface area contributed by atoms with Crippen molar-refractivity contribution in [1.29, 1.82) is 0 Å². The number of aryl methyl sites for hydroxylation is 1. The van der Waals surface area contributed by atoms with Crippen LogP contribution in [0.15, 0.2) is 24.3 Å². The van der Waals surface area contributed by atoms with Crippen molar-refractivity contribution < 1.29 is 29.2 Å². The zero-order valence-corrected chi connectivity index (χ0v) is 19.1. The van der Waals surface area contributed by atoms with Gasteiger partial charge in [-0.2, -0.15) is 0 Å². The first-order valence-electron chi connectivity index (χ1n) is 10.5. The first kappa shape index (κ1) is 24.7. The highest BCUT2D eigenvalue weighted by Gasteiger charge is 2.17. The van der Waals surface area contributed by atoms with Gasteiger partial charge in [0.1, 0.15) is 17.1 Å². The van der Waals surface area contributed by atoms with E-state index >= 15 is 0 Å². The summed E-state index contributed by atoms with van der Waals surface area (Å²) in [5.74, 6) is 0.407. The number of hydrogen-bond donors (Lipinski definition) is 2. The Labute approximate surface area is 188 Å². The Bertz CT molecular complexity index is 881. The number of rotatable bonds is 13. The molecule has 0 heterocycles. The Morgan fingerprint density at radius 3 is 2.32 bits per heavy atom.